The molecule has 0 spiro atoms. The fraction of sp³-hybridized carbons (Fsp3) is 0.753. The first-order valence-electron chi connectivity index (χ1n) is 33.6. The maximum absolute atomic E-state index is 12.3. The van der Waals surface area contributed by atoms with Gasteiger partial charge in [0.1, 0.15) is 0 Å². The summed E-state index contributed by atoms with van der Waals surface area (Å²) in [6.45, 7) is 24.8. The van der Waals surface area contributed by atoms with Crippen molar-refractivity contribution < 1.29 is 25.1 Å². The fourth-order valence-electron chi connectivity index (χ4n) is 11.4. The Morgan fingerprint density at radius 3 is 0.763 bits per heavy atom. The summed E-state index contributed by atoms with van der Waals surface area (Å²) in [6.07, 6.45) is 63.1. The molecule has 2 aromatic carbocycles. The molecule has 76 heavy (non-hydrogen) atoms. The Balaban J connectivity index is 0.00000765. The number of nitrogens with zero attached hydrogens (tertiary/aromatic N) is 2. The Morgan fingerprint density at radius 2 is 0.526 bits per heavy atom. The number of unbranched alkanes of at least 4 members (excludes halogenated alkanes) is 36. The van der Waals surface area contributed by atoms with Crippen LogP contribution in [0.2, 0.25) is 0 Å². The zero-order valence-corrected chi connectivity index (χ0v) is 53.9. The summed E-state index contributed by atoms with van der Waals surface area (Å²) in [4.78, 5) is 0. The molecule has 3 rings (SSSR count). The van der Waals surface area contributed by atoms with Crippen LogP contribution < -0.4 is 0 Å². The number of hydrogen-bond acceptors (Lipinski definition) is 0. The quantitative estimate of drug-likeness (QED) is 0.0273. The van der Waals surface area contributed by atoms with Gasteiger partial charge in [0.05, 0.1) is 0 Å². The van der Waals surface area contributed by atoms with Gasteiger partial charge in [-0.3, -0.25) is 0 Å². The summed E-state index contributed by atoms with van der Waals surface area (Å²) >= 11 is 0. The Labute approximate surface area is 491 Å². The van der Waals surface area contributed by atoms with Gasteiger partial charge in [0.2, 0.25) is 11.4 Å². The van der Waals surface area contributed by atoms with Crippen molar-refractivity contribution in [3.8, 4) is 0 Å². The molecule has 0 bridgehead atoms. The van der Waals surface area contributed by atoms with E-state index in [2.05, 4.69) is 91.8 Å². The third-order valence-corrected chi connectivity index (χ3v) is 15.8. The summed E-state index contributed by atoms with van der Waals surface area (Å²) in [5, 5.41) is 0. The Kier molecular flexibility index (Phi) is 52.5. The van der Waals surface area contributed by atoms with Gasteiger partial charge in [-0.25, -0.2) is 4.70 Å². The normalized spacial score (nSPS) is 12.3. The topological polar surface area (TPSA) is 25.3 Å². The van der Waals surface area contributed by atoms with Gasteiger partial charge in [-0.1, -0.05) is 292 Å². The van der Waals surface area contributed by atoms with Gasteiger partial charge in [-0.05, 0) is 111 Å². The molecule has 2 nitrogen and oxygen atoms in total. The Bertz CT molecular complexity index is 1700. The molecular weight excluding hydrogens is 1010 g/mol. The van der Waals surface area contributed by atoms with Crippen LogP contribution in [0.1, 0.15) is 365 Å². The molecule has 1 aliphatic rings. The van der Waals surface area contributed by atoms with E-state index in [0.717, 1.165) is 56.3 Å². The van der Waals surface area contributed by atoms with Gasteiger partial charge in [0.25, 0.3) is 0 Å². The van der Waals surface area contributed by atoms with Crippen LogP contribution in [0, 0.1) is 13.8 Å². The van der Waals surface area contributed by atoms with E-state index in [-0.39, 0.29) is 20.4 Å². The SMILES string of the molecule is CCCCCCCCCCCCCCCCCCCCc1cc(CCCC)cc(C2=C(C)C(CC)=C(c3cc(CCCC)cc(CCCCCCCCCCCCCCCCCCCC)c3)[N+]2=[N-])c1.[CH2-]CC.[CH2-]CC.[Pd+2]. The number of benzene rings is 2. The number of rotatable bonds is 47. The molecule has 1 aliphatic heterocycles. The molecule has 0 aliphatic carbocycles. The molecule has 2 aromatic rings. The number of hydrogen-bond donors (Lipinski definition) is 0. The summed E-state index contributed by atoms with van der Waals surface area (Å²) in [5.74, 6) is 0. The minimum atomic E-state index is 0. The van der Waals surface area contributed by atoms with Gasteiger partial charge in [0.15, 0.2) is 0 Å². The molecule has 0 atom stereocenters. The smallest absolute Gasteiger partial charge is 0.493 e. The second-order valence-corrected chi connectivity index (χ2v) is 23.3. The Morgan fingerprint density at radius 1 is 0.316 bits per heavy atom. The molecule has 0 N–H and O–H groups in total. The Hall–Kier alpha value is -1.82. The molecule has 0 aromatic heterocycles. The fourth-order valence-corrected chi connectivity index (χ4v) is 11.4. The van der Waals surface area contributed by atoms with E-state index < -0.39 is 0 Å². The molecular formula is C73H128N2Pd. The third-order valence-electron chi connectivity index (χ3n) is 15.8. The molecule has 0 radical (unpaired) electrons. The van der Waals surface area contributed by atoms with Crippen molar-refractivity contribution in [1.29, 1.82) is 0 Å². The van der Waals surface area contributed by atoms with Gasteiger partial charge in [-0.2, -0.15) is 12.8 Å². The second kappa shape index (κ2) is 53.8. The van der Waals surface area contributed by atoms with E-state index in [1.54, 1.807) is 4.70 Å². The van der Waals surface area contributed by atoms with Crippen molar-refractivity contribution in [3.63, 3.8) is 0 Å². The summed E-state index contributed by atoms with van der Waals surface area (Å²) in [6, 6.07) is 14.6. The average molecular weight is 1140 g/mol. The van der Waals surface area contributed by atoms with E-state index in [0.29, 0.717) is 0 Å². The number of allylic oxidation sites excluding steroid dienone is 2. The largest absolute Gasteiger partial charge is 2.00 e. The van der Waals surface area contributed by atoms with Crippen LogP contribution >= 0.6 is 0 Å². The second-order valence-electron chi connectivity index (χ2n) is 23.3. The van der Waals surface area contributed by atoms with Gasteiger partial charge < -0.3 is 19.4 Å². The van der Waals surface area contributed by atoms with Crippen molar-refractivity contribution in [2.45, 2.75) is 357 Å². The minimum absolute atomic E-state index is 0. The van der Waals surface area contributed by atoms with Crippen LogP contribution in [0.15, 0.2) is 47.5 Å². The molecule has 3 heteroatoms. The molecule has 1 heterocycles. The van der Waals surface area contributed by atoms with E-state index in [1.165, 1.54) is 301 Å². The molecule has 0 amide bonds. The van der Waals surface area contributed by atoms with E-state index in [1.807, 2.05) is 13.8 Å². The van der Waals surface area contributed by atoms with Gasteiger partial charge in [0, 0.05) is 22.3 Å². The van der Waals surface area contributed by atoms with Crippen molar-refractivity contribution in [2.24, 2.45) is 0 Å². The molecule has 0 saturated heterocycles. The van der Waals surface area contributed by atoms with Crippen molar-refractivity contribution in [1.82, 2.24) is 0 Å². The van der Waals surface area contributed by atoms with Crippen LogP contribution in [-0.2, 0) is 46.1 Å². The summed E-state index contributed by atoms with van der Waals surface area (Å²) in [7, 11) is 0. The molecule has 0 saturated carbocycles. The standard InChI is InChI=1S/C67H114N2.2C3H7.Pd/c1-7-12-16-18-20-22-24-26-28-30-32-34-36-38-40-42-44-46-50-61-52-59(48-14-9-3)54-63(55-61)66-58(6)65(11-5)67(69(66)68)64-56-60(49-15-10-4)53-62(57-64)51-47-45-43-41-39-37-35-33-31-29-27-25-23-21-19-17-13-8-2;2*1-3-2;/h52-57H,7-51H2,1-6H3;2*1,3H2,2H3;/q;2*-1;+2. The van der Waals surface area contributed by atoms with E-state index in [4.69, 9.17) is 0 Å². The monoisotopic (exact) mass is 1140 g/mol. The third kappa shape index (κ3) is 36.4. The van der Waals surface area contributed by atoms with Crippen LogP contribution in [0.4, 0.5) is 0 Å². The van der Waals surface area contributed by atoms with Crippen molar-refractivity contribution >= 4 is 11.4 Å². The zero-order valence-electron chi connectivity index (χ0n) is 52.3. The summed E-state index contributed by atoms with van der Waals surface area (Å²) in [5.41, 5.74) is 25.1. The first-order valence-corrected chi connectivity index (χ1v) is 33.6. The van der Waals surface area contributed by atoms with Gasteiger partial charge in [-0.15, -0.1) is 0 Å². The zero-order chi connectivity index (χ0) is 54.8. The van der Waals surface area contributed by atoms with E-state index in [9.17, 15) is 5.53 Å². The molecule has 0 fully saturated rings. The molecule has 440 valence electrons. The van der Waals surface area contributed by atoms with Crippen LogP contribution in [-0.4, -0.2) is 4.70 Å². The number of aryl methyl sites for hydroxylation is 4. The van der Waals surface area contributed by atoms with Crippen LogP contribution in [0.25, 0.3) is 16.9 Å². The maximum Gasteiger partial charge on any atom is 2.00 e. The first-order chi connectivity index (χ1) is 36.8. The summed E-state index contributed by atoms with van der Waals surface area (Å²) < 4.78 is 1.60. The van der Waals surface area contributed by atoms with Crippen LogP contribution in [0.3, 0.4) is 0 Å². The average Bonchev–Trinajstić information content (AvgIpc) is 3.67. The molecule has 0 unspecified atom stereocenters. The first kappa shape index (κ1) is 74.2. The maximum atomic E-state index is 12.3. The predicted molar refractivity (Wildman–Crippen MR) is 340 cm³/mol. The van der Waals surface area contributed by atoms with Crippen LogP contribution in [0.5, 0.6) is 0 Å². The van der Waals surface area contributed by atoms with E-state index >= 15 is 0 Å². The van der Waals surface area contributed by atoms with Crippen molar-refractivity contribution in [3.05, 3.63) is 100 Å². The predicted octanol–water partition coefficient (Wildman–Crippen LogP) is 25.6. The van der Waals surface area contributed by atoms with Gasteiger partial charge >= 0.3 is 20.4 Å². The van der Waals surface area contributed by atoms with Crippen molar-refractivity contribution in [2.75, 3.05) is 0 Å². The minimum Gasteiger partial charge on any atom is -0.493 e.